The van der Waals surface area contributed by atoms with Gasteiger partial charge in [0, 0.05) is 19.0 Å². The summed E-state index contributed by atoms with van der Waals surface area (Å²) in [5.74, 6) is 0.0913. The van der Waals surface area contributed by atoms with Crippen LogP contribution in [0.2, 0.25) is 0 Å². The van der Waals surface area contributed by atoms with E-state index >= 15 is 0 Å². The van der Waals surface area contributed by atoms with Crippen LogP contribution in [0, 0.1) is 0 Å². The summed E-state index contributed by atoms with van der Waals surface area (Å²) in [6, 6.07) is 8.73. The summed E-state index contributed by atoms with van der Waals surface area (Å²) in [6.07, 6.45) is 2.13. The molecule has 0 saturated heterocycles. The van der Waals surface area contributed by atoms with E-state index < -0.39 is 0 Å². The quantitative estimate of drug-likeness (QED) is 0.839. The van der Waals surface area contributed by atoms with Gasteiger partial charge in [-0.15, -0.1) is 0 Å². The molecule has 0 bridgehead atoms. The number of carbonyl (C=O) groups excluding carboxylic acids is 1. The van der Waals surface area contributed by atoms with Crippen LogP contribution in [-0.4, -0.2) is 18.5 Å². The summed E-state index contributed by atoms with van der Waals surface area (Å²) in [4.78, 5) is 11.6. The highest BCUT2D eigenvalue weighted by atomic mass is 16.1. The number of rotatable bonds is 6. The van der Waals surface area contributed by atoms with Gasteiger partial charge in [0.25, 0.3) is 0 Å². The SMILES string of the molecule is CC(N)CCC(=O)NCCc1ccc(C(C)(C)C)cc1. The highest BCUT2D eigenvalue weighted by molar-refractivity contribution is 5.75. The molecular weight excluding hydrogens is 248 g/mol. The van der Waals surface area contributed by atoms with Crippen LogP contribution < -0.4 is 11.1 Å². The predicted molar refractivity (Wildman–Crippen MR) is 84.7 cm³/mol. The number of hydrogen-bond acceptors (Lipinski definition) is 2. The maximum absolute atomic E-state index is 11.6. The first kappa shape index (κ1) is 16.7. The average molecular weight is 276 g/mol. The summed E-state index contributed by atoms with van der Waals surface area (Å²) in [5.41, 5.74) is 8.41. The van der Waals surface area contributed by atoms with Crippen molar-refractivity contribution in [1.29, 1.82) is 0 Å². The molecule has 0 aromatic heterocycles. The van der Waals surface area contributed by atoms with Gasteiger partial charge in [0.2, 0.25) is 5.91 Å². The van der Waals surface area contributed by atoms with E-state index in [4.69, 9.17) is 5.73 Å². The second kappa shape index (κ2) is 7.44. The van der Waals surface area contributed by atoms with E-state index in [9.17, 15) is 4.79 Å². The molecule has 3 N–H and O–H groups in total. The van der Waals surface area contributed by atoms with Crippen LogP contribution in [-0.2, 0) is 16.6 Å². The summed E-state index contributed by atoms with van der Waals surface area (Å²) in [6.45, 7) is 9.23. The lowest BCUT2D eigenvalue weighted by Crippen LogP contribution is -2.27. The highest BCUT2D eigenvalue weighted by Gasteiger charge is 2.12. The Labute approximate surface area is 122 Å². The van der Waals surface area contributed by atoms with Crippen molar-refractivity contribution in [1.82, 2.24) is 5.32 Å². The van der Waals surface area contributed by atoms with Crippen molar-refractivity contribution >= 4 is 5.91 Å². The second-order valence-corrected chi connectivity index (χ2v) is 6.56. The first-order chi connectivity index (χ1) is 9.29. The molecule has 1 amide bonds. The third-order valence-electron chi connectivity index (χ3n) is 3.38. The van der Waals surface area contributed by atoms with Gasteiger partial charge in [-0.2, -0.15) is 0 Å². The Balaban J connectivity index is 2.34. The smallest absolute Gasteiger partial charge is 0.220 e. The minimum atomic E-state index is 0.0886. The fourth-order valence-corrected chi connectivity index (χ4v) is 1.96. The standard InChI is InChI=1S/C17H28N2O/c1-13(18)5-10-16(20)19-12-11-14-6-8-15(9-7-14)17(2,3)4/h6-9,13H,5,10-12,18H2,1-4H3,(H,19,20). The first-order valence-corrected chi connectivity index (χ1v) is 7.41. The number of carbonyl (C=O) groups is 1. The topological polar surface area (TPSA) is 55.1 Å². The Hall–Kier alpha value is -1.35. The molecule has 3 nitrogen and oxygen atoms in total. The first-order valence-electron chi connectivity index (χ1n) is 7.41. The largest absolute Gasteiger partial charge is 0.356 e. The molecule has 1 atom stereocenters. The van der Waals surface area contributed by atoms with E-state index in [-0.39, 0.29) is 17.4 Å². The van der Waals surface area contributed by atoms with Gasteiger partial charge in [0.05, 0.1) is 0 Å². The van der Waals surface area contributed by atoms with Gasteiger partial charge in [-0.25, -0.2) is 0 Å². The molecule has 0 aliphatic rings. The van der Waals surface area contributed by atoms with Crippen molar-refractivity contribution in [3.8, 4) is 0 Å². The Morgan fingerprint density at radius 3 is 2.35 bits per heavy atom. The number of amides is 1. The maximum atomic E-state index is 11.6. The Bertz CT molecular complexity index is 416. The molecular formula is C17H28N2O. The van der Waals surface area contributed by atoms with Crippen LogP contribution >= 0.6 is 0 Å². The van der Waals surface area contributed by atoms with E-state index in [1.807, 2.05) is 6.92 Å². The fraction of sp³-hybridized carbons (Fsp3) is 0.588. The van der Waals surface area contributed by atoms with Gasteiger partial charge in [0.1, 0.15) is 0 Å². The zero-order chi connectivity index (χ0) is 15.2. The molecule has 1 aromatic rings. The van der Waals surface area contributed by atoms with Crippen LogP contribution in [0.15, 0.2) is 24.3 Å². The minimum Gasteiger partial charge on any atom is -0.356 e. The van der Waals surface area contributed by atoms with E-state index in [0.717, 1.165) is 12.8 Å². The Morgan fingerprint density at radius 1 is 1.25 bits per heavy atom. The third-order valence-corrected chi connectivity index (χ3v) is 3.38. The minimum absolute atomic E-state index is 0.0886. The van der Waals surface area contributed by atoms with Gasteiger partial charge in [-0.3, -0.25) is 4.79 Å². The molecule has 1 unspecified atom stereocenters. The Morgan fingerprint density at radius 2 is 1.85 bits per heavy atom. The van der Waals surface area contributed by atoms with E-state index in [2.05, 4.69) is 50.4 Å². The van der Waals surface area contributed by atoms with Gasteiger partial charge in [-0.1, -0.05) is 45.0 Å². The lowest BCUT2D eigenvalue weighted by Gasteiger charge is -2.19. The van der Waals surface area contributed by atoms with Gasteiger partial charge in [0.15, 0.2) is 0 Å². The number of hydrogen-bond donors (Lipinski definition) is 2. The predicted octanol–water partition coefficient (Wildman–Crippen LogP) is 2.77. The van der Waals surface area contributed by atoms with Crippen LogP contribution in [0.25, 0.3) is 0 Å². The molecule has 0 aliphatic carbocycles. The number of nitrogens with one attached hydrogen (secondary N) is 1. The van der Waals surface area contributed by atoms with Crippen molar-refractivity contribution < 1.29 is 4.79 Å². The van der Waals surface area contributed by atoms with Crippen molar-refractivity contribution in [3.05, 3.63) is 35.4 Å². The fourth-order valence-electron chi connectivity index (χ4n) is 1.96. The van der Waals surface area contributed by atoms with Gasteiger partial charge in [-0.05, 0) is 36.3 Å². The van der Waals surface area contributed by atoms with Crippen molar-refractivity contribution in [2.45, 2.75) is 58.4 Å². The van der Waals surface area contributed by atoms with E-state index in [0.29, 0.717) is 13.0 Å². The average Bonchev–Trinajstić information content (AvgIpc) is 2.36. The molecule has 3 heteroatoms. The zero-order valence-electron chi connectivity index (χ0n) is 13.2. The summed E-state index contributed by atoms with van der Waals surface area (Å²) in [7, 11) is 0. The molecule has 20 heavy (non-hydrogen) atoms. The Kier molecular flexibility index (Phi) is 6.21. The van der Waals surface area contributed by atoms with Crippen LogP contribution in [0.1, 0.15) is 51.7 Å². The van der Waals surface area contributed by atoms with Crippen molar-refractivity contribution in [2.75, 3.05) is 6.54 Å². The van der Waals surface area contributed by atoms with Crippen molar-refractivity contribution in [3.63, 3.8) is 0 Å². The van der Waals surface area contributed by atoms with E-state index in [1.54, 1.807) is 0 Å². The van der Waals surface area contributed by atoms with Gasteiger partial charge >= 0.3 is 0 Å². The molecule has 0 saturated carbocycles. The lowest BCUT2D eigenvalue weighted by molar-refractivity contribution is -0.121. The third kappa shape index (κ3) is 6.20. The maximum Gasteiger partial charge on any atom is 0.220 e. The highest BCUT2D eigenvalue weighted by Crippen LogP contribution is 2.22. The molecule has 1 aromatic carbocycles. The monoisotopic (exact) mass is 276 g/mol. The normalized spacial score (nSPS) is 13.1. The molecule has 0 aliphatic heterocycles. The van der Waals surface area contributed by atoms with Gasteiger partial charge < -0.3 is 11.1 Å². The number of nitrogens with two attached hydrogens (primary N) is 1. The molecule has 0 spiro atoms. The summed E-state index contributed by atoms with van der Waals surface area (Å²) >= 11 is 0. The van der Waals surface area contributed by atoms with E-state index in [1.165, 1.54) is 11.1 Å². The molecule has 112 valence electrons. The van der Waals surface area contributed by atoms with Crippen LogP contribution in [0.4, 0.5) is 0 Å². The van der Waals surface area contributed by atoms with Crippen LogP contribution in [0.3, 0.4) is 0 Å². The second-order valence-electron chi connectivity index (χ2n) is 6.56. The van der Waals surface area contributed by atoms with Crippen molar-refractivity contribution in [2.24, 2.45) is 5.73 Å². The molecule has 0 radical (unpaired) electrons. The molecule has 0 fully saturated rings. The summed E-state index contributed by atoms with van der Waals surface area (Å²) in [5, 5.41) is 2.94. The molecule has 1 rings (SSSR count). The number of benzene rings is 1. The lowest BCUT2D eigenvalue weighted by atomic mass is 9.86. The zero-order valence-corrected chi connectivity index (χ0v) is 13.2. The van der Waals surface area contributed by atoms with Crippen LogP contribution in [0.5, 0.6) is 0 Å². The summed E-state index contributed by atoms with van der Waals surface area (Å²) < 4.78 is 0. The molecule has 0 heterocycles.